The predicted molar refractivity (Wildman–Crippen MR) is 119 cm³/mol. The number of benzene rings is 1. The van der Waals surface area contributed by atoms with Crippen molar-refractivity contribution in [2.45, 2.75) is 9.10 Å². The van der Waals surface area contributed by atoms with Gasteiger partial charge in [-0.3, -0.25) is 24.9 Å². The molecule has 7 nitrogen and oxygen atoms in total. The zero-order valence-corrected chi connectivity index (χ0v) is 18.0. The molecule has 0 saturated carbocycles. The summed E-state index contributed by atoms with van der Waals surface area (Å²) in [5.41, 5.74) is 0.947. The molecule has 30 heavy (non-hydrogen) atoms. The highest BCUT2D eigenvalue weighted by molar-refractivity contribution is 8.01. The number of anilines is 1. The van der Waals surface area contributed by atoms with Gasteiger partial charge in [-0.15, -0.1) is 11.3 Å². The summed E-state index contributed by atoms with van der Waals surface area (Å²) in [5.74, 6) is -0.472. The SMILES string of the molecule is O=C(Nc1cccc2cccnc12)c1cc([N+](=O)[O-])c(Sc2c(Cl)cncc2Cl)s1. The van der Waals surface area contributed by atoms with Gasteiger partial charge in [-0.1, -0.05) is 53.2 Å². The average Bonchev–Trinajstić information content (AvgIpc) is 3.16. The summed E-state index contributed by atoms with van der Waals surface area (Å²) in [6, 6.07) is 10.3. The van der Waals surface area contributed by atoms with Gasteiger partial charge in [0.1, 0.15) is 9.09 Å². The largest absolute Gasteiger partial charge is 0.319 e. The van der Waals surface area contributed by atoms with Crippen LogP contribution in [-0.2, 0) is 0 Å². The van der Waals surface area contributed by atoms with Crippen LogP contribution in [0.2, 0.25) is 10.0 Å². The summed E-state index contributed by atoms with van der Waals surface area (Å²) in [7, 11) is 0. The molecule has 0 bridgehead atoms. The van der Waals surface area contributed by atoms with E-state index in [0.29, 0.717) is 16.1 Å². The predicted octanol–water partition coefficient (Wildman–Crippen LogP) is 6.31. The van der Waals surface area contributed by atoms with Gasteiger partial charge in [-0.25, -0.2) is 0 Å². The minimum absolute atomic E-state index is 0.179. The fraction of sp³-hybridized carbons (Fsp3) is 0. The Morgan fingerprint density at radius 3 is 2.63 bits per heavy atom. The van der Waals surface area contributed by atoms with Gasteiger partial charge in [-0.2, -0.15) is 0 Å². The molecule has 4 rings (SSSR count). The van der Waals surface area contributed by atoms with E-state index >= 15 is 0 Å². The van der Waals surface area contributed by atoms with E-state index in [-0.39, 0.29) is 24.8 Å². The Bertz CT molecular complexity index is 1270. The number of nitro groups is 1. The van der Waals surface area contributed by atoms with Gasteiger partial charge in [0.25, 0.3) is 11.6 Å². The van der Waals surface area contributed by atoms with E-state index < -0.39 is 10.8 Å². The Labute approximate surface area is 188 Å². The number of carbonyl (C=O) groups is 1. The lowest BCUT2D eigenvalue weighted by atomic mass is 10.2. The van der Waals surface area contributed by atoms with E-state index in [1.54, 1.807) is 24.4 Å². The summed E-state index contributed by atoms with van der Waals surface area (Å²) in [6.45, 7) is 0. The number of halogens is 2. The molecule has 0 radical (unpaired) electrons. The molecular weight excluding hydrogens is 467 g/mol. The average molecular weight is 477 g/mol. The van der Waals surface area contributed by atoms with Crippen molar-refractivity contribution in [2.24, 2.45) is 0 Å². The normalized spacial score (nSPS) is 10.9. The summed E-state index contributed by atoms with van der Waals surface area (Å²) in [4.78, 5) is 32.6. The molecule has 0 aliphatic carbocycles. The number of hydrogen-bond donors (Lipinski definition) is 1. The second-order valence-electron chi connectivity index (χ2n) is 5.91. The number of rotatable bonds is 5. The maximum Gasteiger partial charge on any atom is 0.294 e. The molecule has 0 atom stereocenters. The van der Waals surface area contributed by atoms with Crippen LogP contribution < -0.4 is 5.32 Å². The second kappa shape index (κ2) is 8.57. The number of fused-ring (bicyclic) bond motifs is 1. The van der Waals surface area contributed by atoms with Crippen LogP contribution in [0.3, 0.4) is 0 Å². The maximum absolute atomic E-state index is 12.8. The van der Waals surface area contributed by atoms with Crippen molar-refractivity contribution in [2.75, 3.05) is 5.32 Å². The number of aromatic nitrogens is 2. The van der Waals surface area contributed by atoms with Crippen molar-refractivity contribution < 1.29 is 9.72 Å². The number of carbonyl (C=O) groups excluding carboxylic acids is 1. The third kappa shape index (κ3) is 4.10. The molecular formula is C19H10Cl2N4O3S2. The molecule has 11 heteroatoms. The van der Waals surface area contributed by atoms with Gasteiger partial charge in [0, 0.05) is 30.0 Å². The second-order valence-corrected chi connectivity index (χ2v) is 9.06. The van der Waals surface area contributed by atoms with Gasteiger partial charge < -0.3 is 5.32 Å². The molecule has 0 fully saturated rings. The lowest BCUT2D eigenvalue weighted by Gasteiger charge is -2.06. The summed E-state index contributed by atoms with van der Waals surface area (Å²) in [5, 5.41) is 15.7. The molecule has 0 spiro atoms. The summed E-state index contributed by atoms with van der Waals surface area (Å²) >= 11 is 14.3. The van der Waals surface area contributed by atoms with Gasteiger partial charge in [-0.05, 0) is 12.1 Å². The van der Waals surface area contributed by atoms with Crippen LogP contribution in [0.25, 0.3) is 10.9 Å². The van der Waals surface area contributed by atoms with Crippen LogP contribution >= 0.6 is 46.3 Å². The van der Waals surface area contributed by atoms with Crippen LogP contribution in [0.15, 0.2) is 64.1 Å². The smallest absolute Gasteiger partial charge is 0.294 e. The van der Waals surface area contributed by atoms with Crippen LogP contribution in [0.4, 0.5) is 11.4 Å². The highest BCUT2D eigenvalue weighted by Gasteiger charge is 2.25. The van der Waals surface area contributed by atoms with E-state index in [1.807, 2.05) is 12.1 Å². The first-order valence-corrected chi connectivity index (χ1v) is 10.7. The van der Waals surface area contributed by atoms with Gasteiger partial charge >= 0.3 is 0 Å². The van der Waals surface area contributed by atoms with Crippen molar-refractivity contribution in [3.05, 3.63) is 80.0 Å². The van der Waals surface area contributed by atoms with Crippen molar-refractivity contribution in [3.63, 3.8) is 0 Å². The number of hydrogen-bond acceptors (Lipinski definition) is 7. The summed E-state index contributed by atoms with van der Waals surface area (Å²) in [6.07, 6.45) is 4.43. The Kier molecular flexibility index (Phi) is 5.87. The molecule has 1 aromatic carbocycles. The monoisotopic (exact) mass is 476 g/mol. The number of amides is 1. The molecule has 1 amide bonds. The minimum Gasteiger partial charge on any atom is -0.319 e. The first-order chi connectivity index (χ1) is 14.4. The summed E-state index contributed by atoms with van der Waals surface area (Å²) < 4.78 is 0.288. The van der Waals surface area contributed by atoms with Crippen LogP contribution in [-0.4, -0.2) is 20.8 Å². The number of pyridine rings is 2. The molecule has 3 aromatic heterocycles. The van der Waals surface area contributed by atoms with E-state index in [0.717, 1.165) is 28.5 Å². The Morgan fingerprint density at radius 1 is 1.17 bits per heavy atom. The molecule has 4 aromatic rings. The van der Waals surface area contributed by atoms with Crippen LogP contribution in [0, 0.1) is 10.1 Å². The fourth-order valence-electron chi connectivity index (χ4n) is 2.66. The van der Waals surface area contributed by atoms with E-state index in [9.17, 15) is 14.9 Å². The number of nitrogens with one attached hydrogen (secondary N) is 1. The molecule has 1 N–H and O–H groups in total. The zero-order valence-electron chi connectivity index (χ0n) is 14.8. The third-order valence-corrected chi connectivity index (χ3v) is 7.24. The van der Waals surface area contributed by atoms with E-state index in [1.165, 1.54) is 18.5 Å². The number of para-hydroxylation sites is 1. The third-order valence-electron chi connectivity index (χ3n) is 3.99. The topological polar surface area (TPSA) is 98.0 Å². The van der Waals surface area contributed by atoms with Gasteiger partial charge in [0.15, 0.2) is 0 Å². The Hall–Kier alpha value is -2.72. The maximum atomic E-state index is 12.8. The van der Waals surface area contributed by atoms with Crippen molar-refractivity contribution in [1.29, 1.82) is 0 Å². The molecule has 3 heterocycles. The van der Waals surface area contributed by atoms with Crippen LogP contribution in [0.1, 0.15) is 9.67 Å². The standard InChI is InChI=1S/C19H10Cl2N4O3S2/c20-11-8-22-9-12(21)17(11)30-19-14(25(27)28)7-15(29-19)18(26)24-13-5-1-3-10-4-2-6-23-16(10)13/h1-9H,(H,24,26). The molecule has 0 aliphatic rings. The van der Waals surface area contributed by atoms with Gasteiger partial charge in [0.2, 0.25) is 0 Å². The van der Waals surface area contributed by atoms with Crippen molar-refractivity contribution >= 4 is 74.5 Å². The fourth-order valence-corrected chi connectivity index (χ4v) is 5.41. The first kappa shape index (κ1) is 20.5. The molecule has 0 saturated heterocycles. The zero-order chi connectivity index (χ0) is 21.3. The highest BCUT2D eigenvalue weighted by atomic mass is 35.5. The molecule has 0 aliphatic heterocycles. The van der Waals surface area contributed by atoms with Crippen molar-refractivity contribution in [1.82, 2.24) is 9.97 Å². The van der Waals surface area contributed by atoms with E-state index in [4.69, 9.17) is 23.2 Å². The van der Waals surface area contributed by atoms with Crippen LogP contribution in [0.5, 0.6) is 0 Å². The Balaban J connectivity index is 1.67. The lowest BCUT2D eigenvalue weighted by Crippen LogP contribution is -2.10. The van der Waals surface area contributed by atoms with Crippen molar-refractivity contribution in [3.8, 4) is 0 Å². The lowest BCUT2D eigenvalue weighted by molar-refractivity contribution is -0.387. The van der Waals surface area contributed by atoms with E-state index in [2.05, 4.69) is 15.3 Å². The number of nitrogens with zero attached hydrogens (tertiary/aromatic N) is 3. The number of thiophene rings is 1. The Morgan fingerprint density at radius 2 is 1.90 bits per heavy atom. The molecule has 0 unspecified atom stereocenters. The highest BCUT2D eigenvalue weighted by Crippen LogP contribution is 2.45. The molecule has 150 valence electrons. The quantitative estimate of drug-likeness (QED) is 0.267. The first-order valence-electron chi connectivity index (χ1n) is 8.34. The minimum atomic E-state index is -0.544. The van der Waals surface area contributed by atoms with Gasteiger partial charge in [0.05, 0.1) is 31.1 Å².